The topological polar surface area (TPSA) is 66.1 Å². The van der Waals surface area contributed by atoms with Crippen LogP contribution in [0.15, 0.2) is 10.7 Å². The minimum atomic E-state index is -1.21. The van der Waals surface area contributed by atoms with Gasteiger partial charge in [-0.15, -0.1) is 0 Å². The fourth-order valence-electron chi connectivity index (χ4n) is 3.47. The molecule has 0 aromatic carbocycles. The quantitative estimate of drug-likeness (QED) is 0.461. The van der Waals surface area contributed by atoms with Crippen LogP contribution in [0.3, 0.4) is 0 Å². The van der Waals surface area contributed by atoms with E-state index in [4.69, 9.17) is 4.74 Å². The van der Waals surface area contributed by atoms with Crippen molar-refractivity contribution >= 4 is 40.7 Å². The number of pyridine rings is 1. The highest BCUT2D eigenvalue weighted by molar-refractivity contribution is 9.10. The number of piperidine rings is 1. The van der Waals surface area contributed by atoms with Gasteiger partial charge in [-0.25, -0.2) is 9.37 Å². The summed E-state index contributed by atoms with van der Waals surface area (Å²) in [6, 6.07) is 3.31. The lowest BCUT2D eigenvalue weighted by Gasteiger charge is -2.30. The van der Waals surface area contributed by atoms with Crippen LogP contribution in [0.1, 0.15) is 18.5 Å². The number of nitrogens with zero attached hydrogens (tertiary/aromatic N) is 4. The molecule has 0 saturated carbocycles. The van der Waals surface area contributed by atoms with E-state index in [2.05, 4.69) is 57.8 Å². The summed E-state index contributed by atoms with van der Waals surface area (Å²) in [4.78, 5) is 6.82. The van der Waals surface area contributed by atoms with Gasteiger partial charge in [-0.2, -0.15) is 5.26 Å². The zero-order valence-corrected chi connectivity index (χ0v) is 20.1. The van der Waals surface area contributed by atoms with Gasteiger partial charge in [0.2, 0.25) is 0 Å². The van der Waals surface area contributed by atoms with Crippen molar-refractivity contribution in [1.29, 1.82) is 5.26 Å². The molecule has 0 radical (unpaired) electrons. The molecule has 158 valence electrons. The first-order valence-electron chi connectivity index (χ1n) is 10.0. The lowest BCUT2D eigenvalue weighted by molar-refractivity contribution is 0.0893. The van der Waals surface area contributed by atoms with E-state index in [1.54, 1.807) is 10.8 Å². The summed E-state index contributed by atoms with van der Waals surface area (Å²) in [6.07, 6.45) is 3.66. The molecule has 29 heavy (non-hydrogen) atoms. The highest BCUT2D eigenvalue weighted by Crippen LogP contribution is 2.35. The van der Waals surface area contributed by atoms with Crippen LogP contribution >= 0.6 is 15.9 Å². The molecule has 1 aliphatic rings. The summed E-state index contributed by atoms with van der Waals surface area (Å²) in [6.45, 7) is 9.63. The van der Waals surface area contributed by atoms with Crippen molar-refractivity contribution < 1.29 is 9.13 Å². The van der Waals surface area contributed by atoms with Gasteiger partial charge in [0.05, 0.1) is 21.6 Å². The second-order valence-electron chi connectivity index (χ2n) is 8.95. The van der Waals surface area contributed by atoms with Crippen LogP contribution in [0.4, 0.5) is 10.2 Å². The Morgan fingerprint density at radius 3 is 2.69 bits per heavy atom. The van der Waals surface area contributed by atoms with Gasteiger partial charge in [-0.1, -0.05) is 19.6 Å². The van der Waals surface area contributed by atoms with Crippen molar-refractivity contribution in [2.45, 2.75) is 51.3 Å². The largest absolute Gasteiger partial charge is 0.366 e. The Kier molecular flexibility index (Phi) is 6.99. The van der Waals surface area contributed by atoms with Gasteiger partial charge < -0.3 is 19.5 Å². The van der Waals surface area contributed by atoms with Crippen molar-refractivity contribution in [3.8, 4) is 6.07 Å². The van der Waals surface area contributed by atoms with E-state index in [1.165, 1.54) is 0 Å². The third-order valence-corrected chi connectivity index (χ3v) is 7.85. The summed E-state index contributed by atoms with van der Waals surface area (Å²) in [5.74, 6) is 0.0873. The number of halogens is 2. The van der Waals surface area contributed by atoms with Crippen LogP contribution in [0.5, 0.6) is 0 Å². The Labute approximate surface area is 181 Å². The maximum Gasteiger partial charge on any atom is 0.168 e. The van der Waals surface area contributed by atoms with E-state index >= 15 is 4.39 Å². The number of ether oxygens (including phenoxy) is 1. The summed E-state index contributed by atoms with van der Waals surface area (Å²) in [5.41, 5.74) is 0.541. The third-order valence-electron chi connectivity index (χ3n) is 5.37. The SMILES string of the molecule is CN1CCC(Nc2ncc3c(c(F)c(C#N)n3COCC[Si](C)(C)C)c2Br)CC1. The van der Waals surface area contributed by atoms with Crippen LogP contribution in [0.2, 0.25) is 25.7 Å². The van der Waals surface area contributed by atoms with Crippen molar-refractivity contribution in [2.24, 2.45) is 0 Å². The molecule has 6 nitrogen and oxygen atoms in total. The molecule has 1 fully saturated rings. The summed E-state index contributed by atoms with van der Waals surface area (Å²) >= 11 is 3.52. The predicted molar refractivity (Wildman–Crippen MR) is 120 cm³/mol. The maximum atomic E-state index is 15.1. The highest BCUT2D eigenvalue weighted by Gasteiger charge is 2.24. The number of nitriles is 1. The molecule has 1 N–H and O–H groups in total. The van der Waals surface area contributed by atoms with Crippen LogP contribution in [0.25, 0.3) is 10.9 Å². The van der Waals surface area contributed by atoms with Crippen LogP contribution in [-0.4, -0.2) is 55.3 Å². The summed E-state index contributed by atoms with van der Waals surface area (Å²) < 4.78 is 23.0. The summed E-state index contributed by atoms with van der Waals surface area (Å²) in [5, 5.41) is 13.3. The van der Waals surface area contributed by atoms with Crippen LogP contribution in [-0.2, 0) is 11.5 Å². The average molecular weight is 482 g/mol. The standard InChI is InChI=1S/C20H29BrFN5OSi/c1-26-7-5-14(6-8-26)25-20-18(21)17-16(12-24-20)27(15(11-23)19(17)22)13-28-9-10-29(2,3)4/h12,14H,5-10,13H2,1-4H3,(H,24,25). The number of fused-ring (bicyclic) bond motifs is 1. The second kappa shape index (κ2) is 9.12. The van der Waals surface area contributed by atoms with Crippen molar-refractivity contribution in [2.75, 3.05) is 32.1 Å². The van der Waals surface area contributed by atoms with Gasteiger partial charge in [0.15, 0.2) is 11.5 Å². The van der Waals surface area contributed by atoms with Gasteiger partial charge in [-0.05, 0) is 55.0 Å². The average Bonchev–Trinajstić information content (AvgIpc) is 2.93. The molecule has 1 aliphatic heterocycles. The minimum Gasteiger partial charge on any atom is -0.366 e. The fourth-order valence-corrected chi connectivity index (χ4v) is 4.82. The molecular formula is C20H29BrFN5OSi. The molecule has 2 aromatic rings. The Morgan fingerprint density at radius 2 is 2.07 bits per heavy atom. The molecular weight excluding hydrogens is 453 g/mol. The lowest BCUT2D eigenvalue weighted by atomic mass is 10.1. The zero-order valence-electron chi connectivity index (χ0n) is 17.6. The Morgan fingerprint density at radius 1 is 1.38 bits per heavy atom. The molecule has 1 saturated heterocycles. The maximum absolute atomic E-state index is 15.1. The first-order chi connectivity index (χ1) is 13.7. The number of anilines is 1. The van der Waals surface area contributed by atoms with Gasteiger partial charge >= 0.3 is 0 Å². The molecule has 0 atom stereocenters. The molecule has 0 aliphatic carbocycles. The number of hydrogen-bond donors (Lipinski definition) is 1. The molecule has 0 amide bonds. The van der Waals surface area contributed by atoms with Crippen LogP contribution in [0, 0.1) is 17.1 Å². The predicted octanol–water partition coefficient (Wildman–Crippen LogP) is 4.63. The van der Waals surface area contributed by atoms with E-state index in [9.17, 15) is 5.26 Å². The molecule has 2 aromatic heterocycles. The van der Waals surface area contributed by atoms with Gasteiger partial charge in [0, 0.05) is 20.7 Å². The van der Waals surface area contributed by atoms with Crippen LogP contribution < -0.4 is 5.32 Å². The molecule has 0 spiro atoms. The van der Waals surface area contributed by atoms with E-state index < -0.39 is 13.9 Å². The molecule has 9 heteroatoms. The molecule has 0 unspecified atom stereocenters. The highest BCUT2D eigenvalue weighted by atomic mass is 79.9. The number of hydrogen-bond acceptors (Lipinski definition) is 5. The van der Waals surface area contributed by atoms with Gasteiger partial charge in [-0.3, -0.25) is 0 Å². The Bertz CT molecular complexity index is 912. The van der Waals surface area contributed by atoms with E-state index in [-0.39, 0.29) is 12.4 Å². The monoisotopic (exact) mass is 481 g/mol. The molecule has 3 rings (SSSR count). The number of rotatable bonds is 7. The number of likely N-dealkylation sites (tertiary alicyclic amines) is 1. The van der Waals surface area contributed by atoms with Crippen molar-refractivity contribution in [3.63, 3.8) is 0 Å². The lowest BCUT2D eigenvalue weighted by Crippen LogP contribution is -2.36. The third kappa shape index (κ3) is 5.18. The Balaban J connectivity index is 1.84. The summed E-state index contributed by atoms with van der Waals surface area (Å²) in [7, 11) is 0.902. The van der Waals surface area contributed by atoms with Crippen molar-refractivity contribution in [3.05, 3.63) is 22.2 Å². The molecule has 0 bridgehead atoms. The second-order valence-corrected chi connectivity index (χ2v) is 15.4. The van der Waals surface area contributed by atoms with E-state index in [0.29, 0.717) is 33.8 Å². The first-order valence-corrected chi connectivity index (χ1v) is 14.5. The fraction of sp³-hybridized carbons (Fsp3) is 0.600. The Hall–Kier alpha value is -1.47. The smallest absolute Gasteiger partial charge is 0.168 e. The number of nitrogens with one attached hydrogen (secondary N) is 1. The number of aromatic nitrogens is 2. The van der Waals surface area contributed by atoms with E-state index in [1.807, 2.05) is 6.07 Å². The van der Waals surface area contributed by atoms with E-state index in [0.717, 1.165) is 32.0 Å². The zero-order chi connectivity index (χ0) is 21.2. The minimum absolute atomic E-state index is 0.0213. The first kappa shape index (κ1) is 22.2. The van der Waals surface area contributed by atoms with Gasteiger partial charge in [0.1, 0.15) is 18.6 Å². The van der Waals surface area contributed by atoms with Gasteiger partial charge in [0.25, 0.3) is 0 Å². The molecule has 3 heterocycles. The van der Waals surface area contributed by atoms with Crippen molar-refractivity contribution in [1.82, 2.24) is 14.5 Å². The normalized spacial score (nSPS) is 16.3.